The van der Waals surface area contributed by atoms with E-state index in [1.807, 2.05) is 0 Å². The first-order valence-corrected chi connectivity index (χ1v) is 10.6. The van der Waals surface area contributed by atoms with Crippen LogP contribution in [0.2, 0.25) is 5.02 Å². The first kappa shape index (κ1) is 24.4. The van der Waals surface area contributed by atoms with E-state index in [2.05, 4.69) is 30.8 Å². The largest absolute Gasteiger partial charge is 0.387 e. The molecule has 0 aliphatic rings. The Balaban J connectivity index is 1.70. The zero-order valence-electron chi connectivity index (χ0n) is 18.5. The van der Waals surface area contributed by atoms with Gasteiger partial charge in [-0.15, -0.1) is 0 Å². The summed E-state index contributed by atoms with van der Waals surface area (Å²) in [6, 6.07) is 3.13. The van der Waals surface area contributed by atoms with Crippen LogP contribution < -0.4 is 10.6 Å². The minimum atomic E-state index is -2.85. The lowest BCUT2D eigenvalue weighted by Crippen LogP contribution is -2.42. The lowest BCUT2D eigenvalue weighted by molar-refractivity contribution is -0.00177. The Labute approximate surface area is 201 Å². The van der Waals surface area contributed by atoms with Crippen molar-refractivity contribution in [2.45, 2.75) is 32.2 Å². The molecule has 0 bridgehead atoms. The zero-order valence-corrected chi connectivity index (χ0v) is 19.2. The number of fused-ring (bicyclic) bond motifs is 1. The number of anilines is 2. The number of rotatable bonds is 8. The Morgan fingerprint density at radius 1 is 1.14 bits per heavy atom. The molecule has 4 rings (SSSR count). The van der Waals surface area contributed by atoms with Crippen LogP contribution in [0.25, 0.3) is 16.9 Å². The molecule has 35 heavy (non-hydrogen) atoms. The van der Waals surface area contributed by atoms with Gasteiger partial charge >= 0.3 is 6.55 Å². The Kier molecular flexibility index (Phi) is 6.63. The molecule has 4 aromatic heterocycles. The molecule has 184 valence electrons. The number of carbonyl (C=O) groups is 1. The van der Waals surface area contributed by atoms with Crippen LogP contribution in [0.3, 0.4) is 0 Å². The number of hydrogen-bond donors (Lipinski definition) is 3. The van der Waals surface area contributed by atoms with E-state index in [-0.39, 0.29) is 22.8 Å². The van der Waals surface area contributed by atoms with Crippen LogP contribution in [0, 0.1) is 0 Å². The molecule has 0 aliphatic heterocycles. The molecule has 3 N–H and O–H groups in total. The molecular weight excluding hydrogens is 489 g/mol. The SMILES string of the molecule is CC(C)(O)C(F)CNC(=O)c1cnc(-n2ncc3cc(Cl)cnc32)cc1Nc1cnn(C(F)F)c1. The molecule has 0 aliphatic carbocycles. The molecule has 0 fully saturated rings. The summed E-state index contributed by atoms with van der Waals surface area (Å²) in [6.07, 6.45) is 4.70. The second-order valence-electron chi connectivity index (χ2n) is 8.15. The number of alkyl halides is 3. The molecule has 4 aromatic rings. The van der Waals surface area contributed by atoms with Gasteiger partial charge < -0.3 is 15.7 Å². The summed E-state index contributed by atoms with van der Waals surface area (Å²) in [7, 11) is 0. The second-order valence-corrected chi connectivity index (χ2v) is 8.59. The molecule has 0 radical (unpaired) electrons. The quantitative estimate of drug-likeness (QED) is 0.332. The van der Waals surface area contributed by atoms with Crippen LogP contribution >= 0.6 is 11.6 Å². The molecule has 1 unspecified atom stereocenters. The van der Waals surface area contributed by atoms with Gasteiger partial charge in [0.1, 0.15) is 6.17 Å². The average molecular weight is 509 g/mol. The molecule has 14 heteroatoms. The molecule has 1 atom stereocenters. The highest BCUT2D eigenvalue weighted by Gasteiger charge is 2.27. The van der Waals surface area contributed by atoms with E-state index in [4.69, 9.17) is 11.6 Å². The Bertz CT molecular complexity index is 1370. The summed E-state index contributed by atoms with van der Waals surface area (Å²) in [5.41, 5.74) is -0.878. The number of hydrogen-bond acceptors (Lipinski definition) is 7. The third kappa shape index (κ3) is 5.35. The van der Waals surface area contributed by atoms with Gasteiger partial charge in [0.2, 0.25) is 0 Å². The maximum absolute atomic E-state index is 14.1. The zero-order chi connectivity index (χ0) is 25.3. The fraction of sp³-hybridized carbons (Fsp3) is 0.286. The van der Waals surface area contributed by atoms with E-state index in [9.17, 15) is 23.1 Å². The number of amides is 1. The molecule has 10 nitrogen and oxygen atoms in total. The first-order valence-electron chi connectivity index (χ1n) is 10.3. The summed E-state index contributed by atoms with van der Waals surface area (Å²) >= 11 is 5.98. The van der Waals surface area contributed by atoms with E-state index in [0.29, 0.717) is 20.7 Å². The fourth-order valence-corrected chi connectivity index (χ4v) is 3.26. The predicted octanol–water partition coefficient (Wildman–Crippen LogP) is 3.64. The van der Waals surface area contributed by atoms with Gasteiger partial charge in [-0.1, -0.05) is 11.6 Å². The van der Waals surface area contributed by atoms with Crippen molar-refractivity contribution >= 4 is 39.9 Å². The van der Waals surface area contributed by atoms with Gasteiger partial charge in [0.15, 0.2) is 11.5 Å². The van der Waals surface area contributed by atoms with Gasteiger partial charge in [-0.05, 0) is 19.9 Å². The van der Waals surface area contributed by atoms with E-state index in [1.165, 1.54) is 43.2 Å². The van der Waals surface area contributed by atoms with Gasteiger partial charge in [-0.25, -0.2) is 19.0 Å². The number of aromatic nitrogens is 6. The second kappa shape index (κ2) is 9.50. The van der Waals surface area contributed by atoms with Crippen LogP contribution in [0.5, 0.6) is 0 Å². The molecular formula is C21H20ClF3N8O2. The number of pyridine rings is 2. The van der Waals surface area contributed by atoms with Crippen molar-refractivity contribution in [1.82, 2.24) is 34.8 Å². The Morgan fingerprint density at radius 2 is 1.91 bits per heavy atom. The highest BCUT2D eigenvalue weighted by Crippen LogP contribution is 2.26. The Morgan fingerprint density at radius 3 is 2.60 bits per heavy atom. The van der Waals surface area contributed by atoms with Crippen molar-refractivity contribution in [3.05, 3.63) is 53.7 Å². The molecule has 1 amide bonds. The highest BCUT2D eigenvalue weighted by atomic mass is 35.5. The van der Waals surface area contributed by atoms with Gasteiger partial charge in [0, 0.05) is 23.8 Å². The van der Waals surface area contributed by atoms with Crippen molar-refractivity contribution < 1.29 is 23.1 Å². The standard InChI is InChI=1S/C21H20ClF3N8O2/c1-21(2,35)16(23)9-28-19(34)14-8-26-17(33-18-11(5-30-33)3-12(22)6-27-18)4-15(14)31-13-7-29-32(10-13)20(24)25/h3-8,10,16,20,35H,9H2,1-2H3,(H,26,31)(H,28,34). The van der Waals surface area contributed by atoms with E-state index < -0.39 is 30.8 Å². The minimum Gasteiger partial charge on any atom is -0.387 e. The van der Waals surface area contributed by atoms with E-state index in [1.54, 1.807) is 6.07 Å². The molecule has 0 saturated heterocycles. The first-order chi connectivity index (χ1) is 16.5. The predicted molar refractivity (Wildman–Crippen MR) is 122 cm³/mol. The van der Waals surface area contributed by atoms with E-state index >= 15 is 0 Å². The van der Waals surface area contributed by atoms with Crippen molar-refractivity contribution in [2.75, 3.05) is 11.9 Å². The third-order valence-electron chi connectivity index (χ3n) is 5.01. The summed E-state index contributed by atoms with van der Waals surface area (Å²) in [6.45, 7) is -0.744. The summed E-state index contributed by atoms with van der Waals surface area (Å²) in [5, 5.41) is 23.9. The maximum Gasteiger partial charge on any atom is 0.333 e. The number of carbonyl (C=O) groups excluding carboxylic acids is 1. The minimum absolute atomic E-state index is 0.00559. The van der Waals surface area contributed by atoms with Crippen LogP contribution in [-0.4, -0.2) is 58.9 Å². The smallest absolute Gasteiger partial charge is 0.333 e. The monoisotopic (exact) mass is 508 g/mol. The maximum atomic E-state index is 14.1. The Hall–Kier alpha value is -3.71. The number of aliphatic hydroxyl groups is 1. The molecule has 0 saturated carbocycles. The van der Waals surface area contributed by atoms with Crippen molar-refractivity contribution in [1.29, 1.82) is 0 Å². The van der Waals surface area contributed by atoms with E-state index in [0.717, 1.165) is 12.4 Å². The number of nitrogens with zero attached hydrogens (tertiary/aromatic N) is 6. The van der Waals surface area contributed by atoms with Gasteiger partial charge in [0.25, 0.3) is 5.91 Å². The van der Waals surface area contributed by atoms with Crippen LogP contribution in [0.4, 0.5) is 24.5 Å². The van der Waals surface area contributed by atoms with Crippen LogP contribution in [0.1, 0.15) is 30.8 Å². The van der Waals surface area contributed by atoms with Crippen molar-refractivity contribution in [3.8, 4) is 5.82 Å². The van der Waals surface area contributed by atoms with Gasteiger partial charge in [0.05, 0.1) is 52.7 Å². The third-order valence-corrected chi connectivity index (χ3v) is 5.22. The summed E-state index contributed by atoms with van der Waals surface area (Å²) < 4.78 is 41.9. The molecule has 4 heterocycles. The summed E-state index contributed by atoms with van der Waals surface area (Å²) in [5.74, 6) is -0.440. The summed E-state index contributed by atoms with van der Waals surface area (Å²) in [4.78, 5) is 21.3. The average Bonchev–Trinajstić information content (AvgIpc) is 3.43. The normalized spacial score (nSPS) is 12.8. The topological polar surface area (TPSA) is 123 Å². The van der Waals surface area contributed by atoms with Crippen molar-refractivity contribution in [2.24, 2.45) is 0 Å². The fourth-order valence-electron chi connectivity index (χ4n) is 3.10. The lowest BCUT2D eigenvalue weighted by Gasteiger charge is -2.22. The number of halogens is 4. The van der Waals surface area contributed by atoms with Crippen LogP contribution in [-0.2, 0) is 0 Å². The molecule has 0 spiro atoms. The van der Waals surface area contributed by atoms with Crippen molar-refractivity contribution in [3.63, 3.8) is 0 Å². The van der Waals surface area contributed by atoms with Gasteiger partial charge in [-0.3, -0.25) is 4.79 Å². The number of nitrogens with one attached hydrogen (secondary N) is 2. The highest BCUT2D eigenvalue weighted by molar-refractivity contribution is 6.31. The lowest BCUT2D eigenvalue weighted by atomic mass is 10.0. The van der Waals surface area contributed by atoms with Gasteiger partial charge in [-0.2, -0.15) is 23.7 Å². The molecule has 0 aromatic carbocycles. The van der Waals surface area contributed by atoms with Crippen LogP contribution in [0.15, 0.2) is 43.1 Å².